The minimum atomic E-state index is -2.45. The highest BCUT2D eigenvalue weighted by molar-refractivity contribution is 6.30. The first-order valence-corrected chi connectivity index (χ1v) is 5.57. The fourth-order valence-electron chi connectivity index (χ4n) is 1.47. The predicted molar refractivity (Wildman–Crippen MR) is 69.2 cm³/mol. The molecule has 0 fully saturated rings. The van der Waals surface area contributed by atoms with Crippen LogP contribution in [0, 0.1) is 5.82 Å². The lowest BCUT2D eigenvalue weighted by Gasteiger charge is -2.17. The van der Waals surface area contributed by atoms with Crippen molar-refractivity contribution in [1.82, 2.24) is 5.32 Å². The molecule has 0 amide bonds. The molecule has 0 bridgehead atoms. The van der Waals surface area contributed by atoms with Gasteiger partial charge in [0.2, 0.25) is 0 Å². The van der Waals surface area contributed by atoms with E-state index in [-0.39, 0.29) is 30.4 Å². The van der Waals surface area contributed by atoms with Crippen molar-refractivity contribution < 1.29 is 13.2 Å². The number of halogens is 5. The molecule has 0 aliphatic heterocycles. The topological polar surface area (TPSA) is 38.0 Å². The molecule has 0 saturated carbocycles. The summed E-state index contributed by atoms with van der Waals surface area (Å²) in [5.41, 5.74) is 5.80. The van der Waals surface area contributed by atoms with Gasteiger partial charge in [0.1, 0.15) is 5.82 Å². The van der Waals surface area contributed by atoms with E-state index in [1.165, 1.54) is 6.07 Å². The average Bonchev–Trinajstić information content (AvgIpc) is 2.29. The molecule has 1 atom stereocenters. The van der Waals surface area contributed by atoms with Crippen LogP contribution in [0.2, 0.25) is 5.02 Å². The molecule has 1 aromatic carbocycles. The summed E-state index contributed by atoms with van der Waals surface area (Å²) in [5, 5.41) is 2.60. The molecule has 18 heavy (non-hydrogen) atoms. The van der Waals surface area contributed by atoms with Gasteiger partial charge in [-0.1, -0.05) is 23.7 Å². The molecule has 3 N–H and O–H groups in total. The first-order valence-electron chi connectivity index (χ1n) is 5.19. The average molecular weight is 303 g/mol. The van der Waals surface area contributed by atoms with E-state index in [9.17, 15) is 13.2 Å². The van der Waals surface area contributed by atoms with Gasteiger partial charge in [0.15, 0.2) is 0 Å². The Morgan fingerprint density at radius 1 is 1.33 bits per heavy atom. The van der Waals surface area contributed by atoms with Crippen LogP contribution in [0.25, 0.3) is 0 Å². The normalized spacial score (nSPS) is 12.3. The Morgan fingerprint density at radius 3 is 2.56 bits per heavy atom. The molecule has 0 heterocycles. The standard InChI is InChI=1S/C11H14ClF3N2.ClH/c12-9-3-1-2-7(11(9)15)4-8(5-16)17-6-10(13)14;/h1-3,8,10,17H,4-6,16H2;1H. The maximum Gasteiger partial charge on any atom is 0.250 e. The largest absolute Gasteiger partial charge is 0.329 e. The van der Waals surface area contributed by atoms with Gasteiger partial charge in [0, 0.05) is 12.6 Å². The first kappa shape index (κ1) is 17.5. The smallest absolute Gasteiger partial charge is 0.250 e. The third kappa shape index (κ3) is 5.44. The SMILES string of the molecule is Cl.NCC(Cc1cccc(Cl)c1F)NCC(F)F. The first-order chi connectivity index (χ1) is 8.04. The number of nitrogens with one attached hydrogen (secondary N) is 1. The lowest BCUT2D eigenvalue weighted by atomic mass is 10.1. The Bertz CT molecular complexity index is 364. The monoisotopic (exact) mass is 302 g/mol. The Kier molecular flexibility index (Phi) is 8.35. The van der Waals surface area contributed by atoms with E-state index in [1.54, 1.807) is 12.1 Å². The molecule has 1 rings (SSSR count). The second-order valence-corrected chi connectivity index (χ2v) is 4.06. The molecule has 1 aromatic rings. The molecule has 7 heteroatoms. The molecule has 104 valence electrons. The number of nitrogens with two attached hydrogens (primary N) is 1. The maximum absolute atomic E-state index is 13.5. The summed E-state index contributed by atoms with van der Waals surface area (Å²) < 4.78 is 37.6. The van der Waals surface area contributed by atoms with E-state index < -0.39 is 24.8 Å². The Morgan fingerprint density at radius 2 is 2.00 bits per heavy atom. The van der Waals surface area contributed by atoms with E-state index in [1.807, 2.05) is 0 Å². The second-order valence-electron chi connectivity index (χ2n) is 3.65. The van der Waals surface area contributed by atoms with Gasteiger partial charge in [-0.2, -0.15) is 0 Å². The molecule has 0 aliphatic carbocycles. The van der Waals surface area contributed by atoms with Crippen LogP contribution in [-0.4, -0.2) is 25.6 Å². The van der Waals surface area contributed by atoms with Crippen molar-refractivity contribution in [2.45, 2.75) is 18.9 Å². The van der Waals surface area contributed by atoms with Gasteiger partial charge < -0.3 is 11.1 Å². The molecule has 2 nitrogen and oxygen atoms in total. The lowest BCUT2D eigenvalue weighted by molar-refractivity contribution is 0.141. The van der Waals surface area contributed by atoms with Gasteiger partial charge in [0.25, 0.3) is 6.43 Å². The number of benzene rings is 1. The molecule has 0 aromatic heterocycles. The minimum absolute atomic E-state index is 0. The Hall–Kier alpha value is -0.490. The van der Waals surface area contributed by atoms with E-state index in [2.05, 4.69) is 5.32 Å². The van der Waals surface area contributed by atoms with Gasteiger partial charge in [-0.15, -0.1) is 12.4 Å². The van der Waals surface area contributed by atoms with E-state index >= 15 is 0 Å². The molecular weight excluding hydrogens is 288 g/mol. The molecule has 0 radical (unpaired) electrons. The maximum atomic E-state index is 13.5. The minimum Gasteiger partial charge on any atom is -0.329 e. The highest BCUT2D eigenvalue weighted by Gasteiger charge is 2.14. The van der Waals surface area contributed by atoms with Crippen LogP contribution >= 0.6 is 24.0 Å². The van der Waals surface area contributed by atoms with Crippen molar-refractivity contribution in [2.75, 3.05) is 13.1 Å². The Labute approximate surface area is 115 Å². The summed E-state index contributed by atoms with van der Waals surface area (Å²) >= 11 is 5.62. The molecular formula is C11H15Cl2F3N2. The van der Waals surface area contributed by atoms with E-state index in [4.69, 9.17) is 17.3 Å². The lowest BCUT2D eigenvalue weighted by Crippen LogP contribution is -2.40. The predicted octanol–water partition coefficient (Wildman–Crippen LogP) is 2.63. The van der Waals surface area contributed by atoms with Crippen LogP contribution in [0.5, 0.6) is 0 Å². The van der Waals surface area contributed by atoms with Gasteiger partial charge in [0.05, 0.1) is 11.6 Å². The van der Waals surface area contributed by atoms with Crippen molar-refractivity contribution >= 4 is 24.0 Å². The highest BCUT2D eigenvalue weighted by Crippen LogP contribution is 2.18. The van der Waals surface area contributed by atoms with Gasteiger partial charge in [-0.25, -0.2) is 13.2 Å². The fraction of sp³-hybridized carbons (Fsp3) is 0.455. The molecule has 0 spiro atoms. The number of rotatable bonds is 6. The van der Waals surface area contributed by atoms with Crippen molar-refractivity contribution in [3.8, 4) is 0 Å². The van der Waals surface area contributed by atoms with Crippen molar-refractivity contribution in [3.63, 3.8) is 0 Å². The number of hydrogen-bond acceptors (Lipinski definition) is 2. The van der Waals surface area contributed by atoms with Crippen LogP contribution in [0.3, 0.4) is 0 Å². The zero-order valence-corrected chi connectivity index (χ0v) is 11.1. The quantitative estimate of drug-likeness (QED) is 0.848. The van der Waals surface area contributed by atoms with E-state index in [0.29, 0.717) is 5.56 Å². The number of hydrogen-bond donors (Lipinski definition) is 2. The highest BCUT2D eigenvalue weighted by atomic mass is 35.5. The zero-order chi connectivity index (χ0) is 12.8. The number of alkyl halides is 2. The Balaban J connectivity index is 0.00000289. The summed E-state index contributed by atoms with van der Waals surface area (Å²) in [6, 6.07) is 4.22. The van der Waals surface area contributed by atoms with Crippen molar-refractivity contribution in [3.05, 3.63) is 34.6 Å². The van der Waals surface area contributed by atoms with Gasteiger partial charge in [-0.3, -0.25) is 0 Å². The third-order valence-corrected chi connectivity index (χ3v) is 2.64. The summed E-state index contributed by atoms with van der Waals surface area (Å²) in [5.74, 6) is -0.522. The summed E-state index contributed by atoms with van der Waals surface area (Å²) in [6.07, 6.45) is -2.22. The molecule has 0 saturated heterocycles. The second kappa shape index (κ2) is 8.58. The summed E-state index contributed by atoms with van der Waals surface area (Å²) in [7, 11) is 0. The van der Waals surface area contributed by atoms with Crippen LogP contribution in [0.4, 0.5) is 13.2 Å². The molecule has 0 aliphatic rings. The summed E-state index contributed by atoms with van der Waals surface area (Å²) in [4.78, 5) is 0. The third-order valence-electron chi connectivity index (χ3n) is 2.34. The van der Waals surface area contributed by atoms with Crippen molar-refractivity contribution in [1.29, 1.82) is 0 Å². The van der Waals surface area contributed by atoms with Crippen LogP contribution in [0.1, 0.15) is 5.56 Å². The van der Waals surface area contributed by atoms with Gasteiger partial charge >= 0.3 is 0 Å². The van der Waals surface area contributed by atoms with Crippen molar-refractivity contribution in [2.24, 2.45) is 5.73 Å². The summed E-state index contributed by atoms with van der Waals surface area (Å²) in [6.45, 7) is -0.303. The van der Waals surface area contributed by atoms with Crippen LogP contribution in [-0.2, 0) is 6.42 Å². The van der Waals surface area contributed by atoms with E-state index in [0.717, 1.165) is 0 Å². The van der Waals surface area contributed by atoms with Crippen LogP contribution < -0.4 is 11.1 Å². The van der Waals surface area contributed by atoms with Gasteiger partial charge in [-0.05, 0) is 18.1 Å². The zero-order valence-electron chi connectivity index (χ0n) is 9.51. The van der Waals surface area contributed by atoms with Crippen LogP contribution in [0.15, 0.2) is 18.2 Å². The molecule has 1 unspecified atom stereocenters. The fourth-order valence-corrected chi connectivity index (χ4v) is 1.66.